The van der Waals surface area contributed by atoms with Gasteiger partial charge < -0.3 is 14.6 Å². The molecular weight excluding hydrogens is 218 g/mol. The fraction of sp³-hybridized carbons (Fsp3) is 0.833. The Morgan fingerprint density at radius 2 is 2.00 bits per heavy atom. The van der Waals surface area contributed by atoms with Crippen LogP contribution in [0, 0.1) is 6.92 Å². The Hall–Kier alpha value is -0.940. The number of aromatic nitrogens is 2. The lowest BCUT2D eigenvalue weighted by Gasteiger charge is -2.32. The van der Waals surface area contributed by atoms with Crippen molar-refractivity contribution in [2.75, 3.05) is 6.54 Å². The molecule has 2 atom stereocenters. The maximum Gasteiger partial charge on any atom is 0.227 e. The highest BCUT2D eigenvalue weighted by Gasteiger charge is 2.23. The first-order valence-electron chi connectivity index (χ1n) is 6.31. The van der Waals surface area contributed by atoms with Gasteiger partial charge in [0, 0.05) is 19.0 Å². The van der Waals surface area contributed by atoms with Crippen LogP contribution in [-0.2, 0) is 11.2 Å². The Morgan fingerprint density at radius 3 is 2.59 bits per heavy atom. The van der Waals surface area contributed by atoms with Crippen molar-refractivity contribution in [3.8, 4) is 0 Å². The molecule has 0 aliphatic carbocycles. The number of ether oxygens (including phenoxy) is 1. The van der Waals surface area contributed by atoms with E-state index in [0.717, 1.165) is 25.8 Å². The van der Waals surface area contributed by atoms with Gasteiger partial charge in [-0.3, -0.25) is 0 Å². The third kappa shape index (κ3) is 3.78. The summed E-state index contributed by atoms with van der Waals surface area (Å²) in [6, 6.07) is 0.540. The molecule has 0 amide bonds. The van der Waals surface area contributed by atoms with Crippen molar-refractivity contribution in [1.29, 1.82) is 0 Å². The van der Waals surface area contributed by atoms with Crippen molar-refractivity contribution in [3.63, 3.8) is 0 Å². The summed E-state index contributed by atoms with van der Waals surface area (Å²) in [5, 5.41) is 7.30. The maximum absolute atomic E-state index is 5.70. The van der Waals surface area contributed by atoms with Gasteiger partial charge in [-0.1, -0.05) is 5.16 Å². The molecule has 2 heterocycles. The minimum atomic E-state index is 0.349. The first-order chi connectivity index (χ1) is 8.13. The van der Waals surface area contributed by atoms with Crippen LogP contribution in [0.25, 0.3) is 0 Å². The average molecular weight is 239 g/mol. The first kappa shape index (κ1) is 12.5. The smallest absolute Gasteiger partial charge is 0.227 e. The van der Waals surface area contributed by atoms with Gasteiger partial charge in [0.15, 0.2) is 5.82 Å². The van der Waals surface area contributed by atoms with E-state index in [0.29, 0.717) is 30.0 Å². The van der Waals surface area contributed by atoms with Crippen LogP contribution < -0.4 is 5.32 Å². The zero-order valence-electron chi connectivity index (χ0n) is 10.8. The Bertz CT molecular complexity index is 343. The predicted molar refractivity (Wildman–Crippen MR) is 63.8 cm³/mol. The van der Waals surface area contributed by atoms with Crippen LogP contribution in [0.2, 0.25) is 0 Å². The second kappa shape index (κ2) is 5.60. The molecule has 1 N–H and O–H groups in total. The van der Waals surface area contributed by atoms with Gasteiger partial charge in [0.05, 0.1) is 12.2 Å². The van der Waals surface area contributed by atoms with Crippen LogP contribution >= 0.6 is 0 Å². The largest absolute Gasteiger partial charge is 0.375 e. The molecular formula is C12H21N3O2. The zero-order valence-corrected chi connectivity index (χ0v) is 10.8. The number of hydrogen-bond donors (Lipinski definition) is 1. The fourth-order valence-electron chi connectivity index (χ4n) is 2.40. The van der Waals surface area contributed by atoms with E-state index >= 15 is 0 Å². The minimum absolute atomic E-state index is 0.349. The molecule has 5 heteroatoms. The molecule has 0 spiro atoms. The molecule has 5 nitrogen and oxygen atoms in total. The molecule has 1 aliphatic heterocycles. The normalized spacial score (nSPS) is 29.5. The first-order valence-corrected chi connectivity index (χ1v) is 6.31. The number of nitrogens with zero attached hydrogens (tertiary/aromatic N) is 2. The standard InChI is InChI=1S/C12H21N3O2/c1-8-6-11(7-9(2)16-8)13-5-4-12-14-10(3)15-17-12/h8-9,11,13H,4-7H2,1-3H3. The highest BCUT2D eigenvalue weighted by molar-refractivity contribution is 4.85. The van der Waals surface area contributed by atoms with Gasteiger partial charge in [-0.2, -0.15) is 4.98 Å². The van der Waals surface area contributed by atoms with Gasteiger partial charge in [-0.05, 0) is 33.6 Å². The van der Waals surface area contributed by atoms with Crippen LogP contribution in [0.3, 0.4) is 0 Å². The van der Waals surface area contributed by atoms with Crippen LogP contribution in [0.15, 0.2) is 4.52 Å². The molecule has 0 radical (unpaired) electrons. The molecule has 2 unspecified atom stereocenters. The summed E-state index contributed by atoms with van der Waals surface area (Å²) >= 11 is 0. The summed E-state index contributed by atoms with van der Waals surface area (Å²) < 4.78 is 10.8. The molecule has 0 bridgehead atoms. The molecule has 0 aromatic carbocycles. The van der Waals surface area contributed by atoms with Crippen molar-refractivity contribution < 1.29 is 9.26 Å². The summed E-state index contributed by atoms with van der Waals surface area (Å²) in [4.78, 5) is 4.18. The summed E-state index contributed by atoms with van der Waals surface area (Å²) in [5.74, 6) is 1.41. The van der Waals surface area contributed by atoms with Gasteiger partial charge in [-0.25, -0.2) is 0 Å². The van der Waals surface area contributed by atoms with E-state index in [9.17, 15) is 0 Å². The van der Waals surface area contributed by atoms with Crippen LogP contribution in [-0.4, -0.2) is 34.9 Å². The lowest BCUT2D eigenvalue weighted by atomic mass is 10.00. The van der Waals surface area contributed by atoms with E-state index in [2.05, 4.69) is 29.3 Å². The summed E-state index contributed by atoms with van der Waals surface area (Å²) in [6.07, 6.45) is 3.64. The Morgan fingerprint density at radius 1 is 1.29 bits per heavy atom. The summed E-state index contributed by atoms with van der Waals surface area (Å²) in [5.41, 5.74) is 0. The molecule has 2 rings (SSSR count). The molecule has 1 aromatic rings. The van der Waals surface area contributed by atoms with E-state index in [-0.39, 0.29) is 0 Å². The second-order valence-corrected chi connectivity index (χ2v) is 4.87. The van der Waals surface area contributed by atoms with Crippen molar-refractivity contribution >= 4 is 0 Å². The third-order valence-corrected chi connectivity index (χ3v) is 3.04. The number of rotatable bonds is 4. The van der Waals surface area contributed by atoms with E-state index in [1.807, 2.05) is 6.92 Å². The van der Waals surface area contributed by atoms with Gasteiger partial charge >= 0.3 is 0 Å². The van der Waals surface area contributed by atoms with Gasteiger partial charge in [0.25, 0.3) is 0 Å². The van der Waals surface area contributed by atoms with Crippen LogP contribution in [0.4, 0.5) is 0 Å². The van der Waals surface area contributed by atoms with Crippen molar-refractivity contribution in [1.82, 2.24) is 15.5 Å². The Kier molecular flexibility index (Phi) is 4.12. The molecule has 17 heavy (non-hydrogen) atoms. The second-order valence-electron chi connectivity index (χ2n) is 4.87. The van der Waals surface area contributed by atoms with Gasteiger partial charge in [0.1, 0.15) is 0 Å². The summed E-state index contributed by atoms with van der Waals surface area (Å²) in [6.45, 7) is 6.98. The Labute approximate surface area is 102 Å². The molecule has 1 saturated heterocycles. The zero-order chi connectivity index (χ0) is 12.3. The van der Waals surface area contributed by atoms with E-state index in [1.54, 1.807) is 0 Å². The van der Waals surface area contributed by atoms with E-state index < -0.39 is 0 Å². The topological polar surface area (TPSA) is 60.2 Å². The third-order valence-electron chi connectivity index (χ3n) is 3.04. The number of aryl methyl sites for hydroxylation is 1. The van der Waals surface area contributed by atoms with Crippen molar-refractivity contribution in [2.24, 2.45) is 0 Å². The molecule has 96 valence electrons. The number of hydrogen-bond acceptors (Lipinski definition) is 5. The lowest BCUT2D eigenvalue weighted by molar-refractivity contribution is -0.0419. The Balaban J connectivity index is 1.71. The van der Waals surface area contributed by atoms with E-state index in [1.165, 1.54) is 0 Å². The van der Waals surface area contributed by atoms with Crippen molar-refractivity contribution in [2.45, 2.75) is 58.3 Å². The average Bonchev–Trinajstić information content (AvgIpc) is 2.63. The van der Waals surface area contributed by atoms with E-state index in [4.69, 9.17) is 9.26 Å². The predicted octanol–water partition coefficient (Wildman–Crippen LogP) is 1.47. The maximum atomic E-state index is 5.70. The van der Waals surface area contributed by atoms with Crippen molar-refractivity contribution in [3.05, 3.63) is 11.7 Å². The minimum Gasteiger partial charge on any atom is -0.375 e. The number of nitrogens with one attached hydrogen (secondary N) is 1. The molecule has 1 fully saturated rings. The van der Waals surface area contributed by atoms with Gasteiger partial charge in [0.2, 0.25) is 5.89 Å². The summed E-state index contributed by atoms with van der Waals surface area (Å²) in [7, 11) is 0. The molecule has 1 aliphatic rings. The molecule has 1 aromatic heterocycles. The highest BCUT2D eigenvalue weighted by Crippen LogP contribution is 2.18. The fourth-order valence-corrected chi connectivity index (χ4v) is 2.40. The van der Waals surface area contributed by atoms with Crippen LogP contribution in [0.1, 0.15) is 38.4 Å². The monoisotopic (exact) mass is 239 g/mol. The quantitative estimate of drug-likeness (QED) is 0.862. The lowest BCUT2D eigenvalue weighted by Crippen LogP contribution is -2.42. The molecule has 0 saturated carbocycles. The van der Waals surface area contributed by atoms with Gasteiger partial charge in [-0.15, -0.1) is 0 Å². The highest BCUT2D eigenvalue weighted by atomic mass is 16.5. The SMILES string of the molecule is Cc1noc(CCNC2CC(C)OC(C)C2)n1. The van der Waals surface area contributed by atoms with Crippen LogP contribution in [0.5, 0.6) is 0 Å².